The van der Waals surface area contributed by atoms with Crippen molar-refractivity contribution in [3.63, 3.8) is 0 Å². The predicted molar refractivity (Wildman–Crippen MR) is 135 cm³/mol. The van der Waals surface area contributed by atoms with Crippen LogP contribution < -0.4 is 4.74 Å². The van der Waals surface area contributed by atoms with Crippen molar-refractivity contribution in [2.75, 3.05) is 46.5 Å². The molecule has 0 atom stereocenters. The van der Waals surface area contributed by atoms with Gasteiger partial charge in [-0.3, -0.25) is 4.79 Å². The maximum absolute atomic E-state index is 12.7. The van der Waals surface area contributed by atoms with Crippen LogP contribution in [0.25, 0.3) is 16.7 Å². The molecule has 2 amide bonds. The first kappa shape index (κ1) is 24.1. The second kappa shape index (κ2) is 11.0. The van der Waals surface area contributed by atoms with Gasteiger partial charge in [-0.15, -0.1) is 0 Å². The molecule has 0 saturated carbocycles. The number of carbonyl (C=O) groups is 2. The molecule has 2 aliphatic heterocycles. The highest BCUT2D eigenvalue weighted by atomic mass is 16.6. The molecule has 190 valence electrons. The molecular weight excluding hydrogens is 460 g/mol. The molecule has 0 spiro atoms. The van der Waals surface area contributed by atoms with Gasteiger partial charge < -0.3 is 28.6 Å². The van der Waals surface area contributed by atoms with Crippen molar-refractivity contribution < 1.29 is 23.8 Å². The zero-order valence-corrected chi connectivity index (χ0v) is 20.6. The van der Waals surface area contributed by atoms with Crippen molar-refractivity contribution in [2.45, 2.75) is 31.8 Å². The summed E-state index contributed by atoms with van der Waals surface area (Å²) in [6.07, 6.45) is 7.07. The first-order valence-corrected chi connectivity index (χ1v) is 12.6. The molecule has 2 fully saturated rings. The number of pyridine rings is 1. The monoisotopic (exact) mass is 492 g/mol. The first-order valence-electron chi connectivity index (χ1n) is 12.6. The zero-order valence-electron chi connectivity index (χ0n) is 20.6. The third-order valence-corrected chi connectivity index (χ3v) is 6.81. The van der Waals surface area contributed by atoms with E-state index in [4.69, 9.17) is 14.2 Å². The summed E-state index contributed by atoms with van der Waals surface area (Å²) in [5.74, 6) is 1.59. The molecule has 9 nitrogen and oxygen atoms in total. The van der Waals surface area contributed by atoms with Gasteiger partial charge in [0.1, 0.15) is 24.3 Å². The number of benzene rings is 1. The van der Waals surface area contributed by atoms with Gasteiger partial charge in [0.2, 0.25) is 0 Å². The number of amides is 2. The van der Waals surface area contributed by atoms with E-state index in [1.807, 2.05) is 52.1 Å². The molecule has 0 unspecified atom stereocenters. The molecule has 0 radical (unpaired) electrons. The third kappa shape index (κ3) is 5.31. The van der Waals surface area contributed by atoms with Crippen LogP contribution in [0.4, 0.5) is 4.79 Å². The Labute approximate surface area is 210 Å². The van der Waals surface area contributed by atoms with E-state index in [-0.39, 0.29) is 24.7 Å². The maximum Gasteiger partial charge on any atom is 0.409 e. The Balaban J connectivity index is 1.18. The molecule has 0 bridgehead atoms. The van der Waals surface area contributed by atoms with Crippen LogP contribution in [0.3, 0.4) is 0 Å². The van der Waals surface area contributed by atoms with Crippen molar-refractivity contribution in [3.8, 4) is 11.6 Å². The zero-order chi connectivity index (χ0) is 24.9. The number of rotatable bonds is 7. The standard InChI is InChI=1S/C27H32N4O5/c1-34-16-17-35-27(33)30-13-9-22(10-14-30)36-23-5-7-25(28-19-23)31-15-8-20-18-21(4-6-24(20)31)26(32)29-11-2-3-12-29/h4-8,15,18-19,22H,2-3,9-14,16-17H2,1H3. The average molecular weight is 493 g/mol. The number of fused-ring (bicyclic) bond motifs is 1. The Morgan fingerprint density at radius 2 is 1.78 bits per heavy atom. The van der Waals surface area contributed by atoms with Crippen LogP contribution in [-0.4, -0.2) is 84.0 Å². The van der Waals surface area contributed by atoms with E-state index >= 15 is 0 Å². The molecule has 2 aromatic heterocycles. The van der Waals surface area contributed by atoms with Gasteiger partial charge in [-0.05, 0) is 49.2 Å². The molecule has 9 heteroatoms. The smallest absolute Gasteiger partial charge is 0.409 e. The van der Waals surface area contributed by atoms with Gasteiger partial charge in [-0.1, -0.05) is 0 Å². The lowest BCUT2D eigenvalue weighted by Crippen LogP contribution is -2.42. The first-order chi connectivity index (χ1) is 17.6. The minimum absolute atomic E-state index is 0.0275. The Hall–Kier alpha value is -3.59. The number of hydrogen-bond donors (Lipinski definition) is 0. The highest BCUT2D eigenvalue weighted by Gasteiger charge is 2.25. The molecule has 2 aliphatic rings. The second-order valence-corrected chi connectivity index (χ2v) is 9.22. The minimum atomic E-state index is -0.303. The lowest BCUT2D eigenvalue weighted by Gasteiger charge is -2.31. The van der Waals surface area contributed by atoms with Gasteiger partial charge in [0.15, 0.2) is 0 Å². The minimum Gasteiger partial charge on any atom is -0.489 e. The van der Waals surface area contributed by atoms with Crippen LogP contribution in [0.15, 0.2) is 48.8 Å². The van der Waals surface area contributed by atoms with Crippen LogP contribution in [-0.2, 0) is 9.47 Å². The summed E-state index contributed by atoms with van der Waals surface area (Å²) in [4.78, 5) is 33.0. The van der Waals surface area contributed by atoms with Crippen molar-refractivity contribution in [3.05, 3.63) is 54.4 Å². The number of ether oxygens (including phenoxy) is 3. The number of hydrogen-bond acceptors (Lipinski definition) is 6. The van der Waals surface area contributed by atoms with Crippen LogP contribution >= 0.6 is 0 Å². The predicted octanol–water partition coefficient (Wildman–Crippen LogP) is 3.89. The van der Waals surface area contributed by atoms with Gasteiger partial charge in [0.25, 0.3) is 5.91 Å². The fourth-order valence-corrected chi connectivity index (χ4v) is 4.82. The topological polar surface area (TPSA) is 86.1 Å². The molecule has 0 N–H and O–H groups in total. The van der Waals surface area contributed by atoms with Gasteiger partial charge in [-0.25, -0.2) is 9.78 Å². The summed E-state index contributed by atoms with van der Waals surface area (Å²) >= 11 is 0. The second-order valence-electron chi connectivity index (χ2n) is 9.22. The Kier molecular flexibility index (Phi) is 7.36. The van der Waals surface area contributed by atoms with E-state index in [9.17, 15) is 9.59 Å². The number of carbonyl (C=O) groups excluding carboxylic acids is 2. The molecule has 5 rings (SSSR count). The summed E-state index contributed by atoms with van der Waals surface area (Å²) in [7, 11) is 1.58. The number of piperidine rings is 1. The highest BCUT2D eigenvalue weighted by Crippen LogP contribution is 2.24. The molecule has 1 aromatic carbocycles. The van der Waals surface area contributed by atoms with Crippen LogP contribution in [0.1, 0.15) is 36.0 Å². The number of aromatic nitrogens is 2. The van der Waals surface area contributed by atoms with E-state index in [0.717, 1.165) is 61.1 Å². The van der Waals surface area contributed by atoms with Crippen molar-refractivity contribution >= 4 is 22.9 Å². The Morgan fingerprint density at radius 3 is 2.50 bits per heavy atom. The van der Waals surface area contributed by atoms with E-state index in [0.29, 0.717) is 25.4 Å². The van der Waals surface area contributed by atoms with Gasteiger partial charge in [-0.2, -0.15) is 0 Å². The van der Waals surface area contributed by atoms with Gasteiger partial charge in [0.05, 0.1) is 18.3 Å². The van der Waals surface area contributed by atoms with Gasteiger partial charge in [0, 0.05) is 63.3 Å². The van der Waals surface area contributed by atoms with Crippen LogP contribution in [0, 0.1) is 0 Å². The Morgan fingerprint density at radius 1 is 0.972 bits per heavy atom. The van der Waals surface area contributed by atoms with Crippen LogP contribution in [0.2, 0.25) is 0 Å². The summed E-state index contributed by atoms with van der Waals surface area (Å²) < 4.78 is 18.2. The molecule has 2 saturated heterocycles. The molecule has 36 heavy (non-hydrogen) atoms. The Bertz CT molecular complexity index is 1190. The lowest BCUT2D eigenvalue weighted by molar-refractivity contribution is 0.0514. The number of nitrogens with zero attached hydrogens (tertiary/aromatic N) is 4. The van der Waals surface area contributed by atoms with Gasteiger partial charge >= 0.3 is 6.09 Å². The van der Waals surface area contributed by atoms with E-state index < -0.39 is 0 Å². The fraction of sp³-hybridized carbons (Fsp3) is 0.444. The van der Waals surface area contributed by atoms with E-state index in [2.05, 4.69) is 4.98 Å². The fourth-order valence-electron chi connectivity index (χ4n) is 4.82. The van der Waals surface area contributed by atoms with E-state index in [1.165, 1.54) is 0 Å². The van der Waals surface area contributed by atoms with Crippen molar-refractivity contribution in [1.29, 1.82) is 0 Å². The lowest BCUT2D eigenvalue weighted by atomic mass is 10.1. The highest BCUT2D eigenvalue weighted by molar-refractivity contribution is 5.98. The molecule has 4 heterocycles. The molecular formula is C27H32N4O5. The third-order valence-electron chi connectivity index (χ3n) is 6.81. The number of methoxy groups -OCH3 is 1. The van der Waals surface area contributed by atoms with Crippen LogP contribution in [0.5, 0.6) is 5.75 Å². The van der Waals surface area contributed by atoms with Crippen molar-refractivity contribution in [2.24, 2.45) is 0 Å². The maximum atomic E-state index is 12.7. The summed E-state index contributed by atoms with van der Waals surface area (Å²) in [5, 5.41) is 1.01. The summed E-state index contributed by atoms with van der Waals surface area (Å²) in [6.45, 7) is 3.54. The van der Waals surface area contributed by atoms with E-state index in [1.54, 1.807) is 18.2 Å². The average Bonchev–Trinajstić information content (AvgIpc) is 3.59. The molecule has 0 aliphatic carbocycles. The molecule has 3 aromatic rings. The number of likely N-dealkylation sites (tertiary alicyclic amines) is 2. The summed E-state index contributed by atoms with van der Waals surface area (Å²) in [6, 6.07) is 11.7. The largest absolute Gasteiger partial charge is 0.489 e. The summed E-state index contributed by atoms with van der Waals surface area (Å²) in [5.41, 5.74) is 1.73. The quantitative estimate of drug-likeness (QED) is 0.465. The van der Waals surface area contributed by atoms with Crippen molar-refractivity contribution in [1.82, 2.24) is 19.4 Å². The SMILES string of the molecule is COCCOC(=O)N1CCC(Oc2ccc(-n3ccc4cc(C(=O)N5CCCC5)ccc43)nc2)CC1. The normalized spacial score (nSPS) is 16.5.